The highest BCUT2D eigenvalue weighted by Gasteiger charge is 2.24. The van der Waals surface area contributed by atoms with Crippen molar-refractivity contribution in [3.05, 3.63) is 28.2 Å². The van der Waals surface area contributed by atoms with Gasteiger partial charge in [0.05, 0.1) is 18.9 Å². The second kappa shape index (κ2) is 5.56. The van der Waals surface area contributed by atoms with Crippen molar-refractivity contribution in [3.8, 4) is 0 Å². The van der Waals surface area contributed by atoms with Crippen molar-refractivity contribution in [3.63, 3.8) is 0 Å². The number of morpholine rings is 1. The summed E-state index contributed by atoms with van der Waals surface area (Å²) >= 11 is 3.33. The molecule has 0 radical (unpaired) electrons. The summed E-state index contributed by atoms with van der Waals surface area (Å²) in [5.74, 6) is 0. The van der Waals surface area contributed by atoms with E-state index < -0.39 is 10.2 Å². The quantitative estimate of drug-likeness (QED) is 0.916. The molecule has 0 spiro atoms. The van der Waals surface area contributed by atoms with E-state index >= 15 is 0 Å². The first kappa shape index (κ1) is 13.8. The fraction of sp³-hybridized carbons (Fsp3) is 0.455. The van der Waals surface area contributed by atoms with Gasteiger partial charge in [-0.15, -0.1) is 0 Å². The second-order valence-electron chi connectivity index (χ2n) is 4.08. The Morgan fingerprint density at radius 3 is 2.67 bits per heavy atom. The predicted octanol–water partition coefficient (Wildman–Crippen LogP) is 1.75. The Kier molecular flexibility index (Phi) is 4.26. The molecule has 1 aromatic carbocycles. The third-order valence-corrected chi connectivity index (χ3v) is 4.76. The van der Waals surface area contributed by atoms with Crippen molar-refractivity contribution in [2.45, 2.75) is 6.92 Å². The van der Waals surface area contributed by atoms with Crippen LogP contribution >= 0.6 is 15.9 Å². The minimum absolute atomic E-state index is 0.391. The summed E-state index contributed by atoms with van der Waals surface area (Å²) in [6.07, 6.45) is 0. The molecule has 0 unspecified atom stereocenters. The summed E-state index contributed by atoms with van der Waals surface area (Å²) in [6, 6.07) is 5.50. The van der Waals surface area contributed by atoms with Gasteiger partial charge >= 0.3 is 10.2 Å². The molecule has 5 nitrogen and oxygen atoms in total. The van der Waals surface area contributed by atoms with Gasteiger partial charge in [-0.2, -0.15) is 12.7 Å². The third-order valence-electron chi connectivity index (χ3n) is 2.75. The molecule has 7 heteroatoms. The number of nitrogens with one attached hydrogen (secondary N) is 1. The van der Waals surface area contributed by atoms with E-state index in [0.717, 1.165) is 10.0 Å². The lowest BCUT2D eigenvalue weighted by atomic mass is 10.2. The number of benzene rings is 1. The van der Waals surface area contributed by atoms with Gasteiger partial charge in [0.15, 0.2) is 0 Å². The Hall–Kier alpha value is -0.630. The van der Waals surface area contributed by atoms with E-state index in [1.54, 1.807) is 6.07 Å². The monoisotopic (exact) mass is 334 g/mol. The first-order chi connectivity index (χ1) is 8.49. The molecule has 0 amide bonds. The number of anilines is 1. The Morgan fingerprint density at radius 2 is 2.00 bits per heavy atom. The van der Waals surface area contributed by atoms with Crippen molar-refractivity contribution in [1.29, 1.82) is 0 Å². The van der Waals surface area contributed by atoms with Crippen LogP contribution in [0.1, 0.15) is 5.56 Å². The van der Waals surface area contributed by atoms with Crippen LogP contribution < -0.4 is 4.72 Å². The third kappa shape index (κ3) is 3.23. The van der Waals surface area contributed by atoms with Crippen molar-refractivity contribution >= 4 is 31.8 Å². The molecule has 1 aliphatic rings. The van der Waals surface area contributed by atoms with Gasteiger partial charge in [-0.25, -0.2) is 0 Å². The zero-order valence-corrected chi connectivity index (χ0v) is 12.4. The molecule has 0 aliphatic carbocycles. The Morgan fingerprint density at radius 1 is 1.33 bits per heavy atom. The average Bonchev–Trinajstić information content (AvgIpc) is 2.35. The molecular weight excluding hydrogens is 320 g/mol. The van der Waals surface area contributed by atoms with Gasteiger partial charge in [0.25, 0.3) is 0 Å². The van der Waals surface area contributed by atoms with Crippen LogP contribution in [0.25, 0.3) is 0 Å². The highest BCUT2D eigenvalue weighted by Crippen LogP contribution is 2.22. The average molecular weight is 335 g/mol. The number of ether oxygens (including phenoxy) is 1. The van der Waals surface area contributed by atoms with Gasteiger partial charge < -0.3 is 4.74 Å². The number of aryl methyl sites for hydroxylation is 1. The minimum Gasteiger partial charge on any atom is -0.379 e. The first-order valence-corrected chi connectivity index (χ1v) is 7.84. The van der Waals surface area contributed by atoms with Crippen LogP contribution in [-0.2, 0) is 14.9 Å². The van der Waals surface area contributed by atoms with Gasteiger partial charge in [-0.1, -0.05) is 22.0 Å². The highest BCUT2D eigenvalue weighted by atomic mass is 79.9. The molecule has 1 aliphatic heterocycles. The number of hydrogen-bond donors (Lipinski definition) is 1. The van der Waals surface area contributed by atoms with Gasteiger partial charge in [0.1, 0.15) is 0 Å². The molecule has 1 saturated heterocycles. The molecule has 0 atom stereocenters. The first-order valence-electron chi connectivity index (χ1n) is 5.61. The van der Waals surface area contributed by atoms with Crippen LogP contribution in [0.2, 0.25) is 0 Å². The van der Waals surface area contributed by atoms with Crippen LogP contribution in [-0.4, -0.2) is 39.0 Å². The topological polar surface area (TPSA) is 58.6 Å². The van der Waals surface area contributed by atoms with Gasteiger partial charge in [-0.3, -0.25) is 4.72 Å². The molecular formula is C11H15BrN2O3S. The van der Waals surface area contributed by atoms with E-state index in [0.29, 0.717) is 32.0 Å². The molecule has 1 fully saturated rings. The van der Waals surface area contributed by atoms with E-state index in [4.69, 9.17) is 4.74 Å². The van der Waals surface area contributed by atoms with E-state index in [-0.39, 0.29) is 0 Å². The highest BCUT2D eigenvalue weighted by molar-refractivity contribution is 9.10. The van der Waals surface area contributed by atoms with Crippen LogP contribution in [0.5, 0.6) is 0 Å². The lowest BCUT2D eigenvalue weighted by Gasteiger charge is -2.26. The summed E-state index contributed by atoms with van der Waals surface area (Å²) in [5, 5.41) is 0. The molecule has 0 bridgehead atoms. The van der Waals surface area contributed by atoms with Crippen LogP contribution in [0.4, 0.5) is 5.69 Å². The Labute approximate surface area is 115 Å². The molecule has 1 aromatic rings. The molecule has 1 N–H and O–H groups in total. The molecule has 2 rings (SSSR count). The summed E-state index contributed by atoms with van der Waals surface area (Å²) in [5.41, 5.74) is 1.48. The van der Waals surface area contributed by atoms with Crippen LogP contribution in [0.3, 0.4) is 0 Å². The van der Waals surface area contributed by atoms with Gasteiger partial charge in [-0.05, 0) is 24.6 Å². The van der Waals surface area contributed by atoms with Gasteiger partial charge in [0, 0.05) is 17.6 Å². The fourth-order valence-corrected chi connectivity index (χ4v) is 3.31. The lowest BCUT2D eigenvalue weighted by Crippen LogP contribution is -2.43. The summed E-state index contributed by atoms with van der Waals surface area (Å²) < 4.78 is 34.3. The van der Waals surface area contributed by atoms with Crippen molar-refractivity contribution < 1.29 is 13.2 Å². The molecule has 18 heavy (non-hydrogen) atoms. The molecule has 1 heterocycles. The SMILES string of the molecule is Cc1ccc(Br)cc1NS(=O)(=O)N1CCOCC1. The minimum atomic E-state index is -3.49. The lowest BCUT2D eigenvalue weighted by molar-refractivity contribution is 0.0733. The Bertz CT molecular complexity index is 527. The number of halogens is 1. The summed E-state index contributed by atoms with van der Waals surface area (Å²) in [6.45, 7) is 3.53. The Balaban J connectivity index is 2.18. The van der Waals surface area contributed by atoms with Crippen molar-refractivity contribution in [1.82, 2.24) is 4.31 Å². The van der Waals surface area contributed by atoms with Gasteiger partial charge in [0.2, 0.25) is 0 Å². The number of hydrogen-bond acceptors (Lipinski definition) is 3. The smallest absolute Gasteiger partial charge is 0.301 e. The largest absolute Gasteiger partial charge is 0.379 e. The zero-order chi connectivity index (χ0) is 13.2. The summed E-state index contributed by atoms with van der Waals surface area (Å²) in [7, 11) is -3.49. The van der Waals surface area contributed by atoms with E-state index in [2.05, 4.69) is 20.7 Å². The number of nitrogens with zero attached hydrogens (tertiary/aromatic N) is 1. The maximum atomic E-state index is 12.2. The van der Waals surface area contributed by atoms with Crippen molar-refractivity contribution in [2.24, 2.45) is 0 Å². The maximum absolute atomic E-state index is 12.2. The maximum Gasteiger partial charge on any atom is 0.301 e. The second-order valence-corrected chi connectivity index (χ2v) is 6.66. The number of rotatable bonds is 3. The zero-order valence-electron chi connectivity index (χ0n) is 10.0. The van der Waals surface area contributed by atoms with E-state index in [9.17, 15) is 8.42 Å². The fourth-order valence-electron chi connectivity index (χ4n) is 1.69. The molecule has 0 aromatic heterocycles. The standard InChI is InChI=1S/C11H15BrN2O3S/c1-9-2-3-10(12)8-11(9)13-18(15,16)14-4-6-17-7-5-14/h2-3,8,13H,4-7H2,1H3. The van der Waals surface area contributed by atoms with Crippen LogP contribution in [0, 0.1) is 6.92 Å². The molecule has 0 saturated carbocycles. The summed E-state index contributed by atoms with van der Waals surface area (Å²) in [4.78, 5) is 0. The van der Waals surface area contributed by atoms with Crippen molar-refractivity contribution in [2.75, 3.05) is 31.0 Å². The normalized spacial score (nSPS) is 17.7. The van der Waals surface area contributed by atoms with E-state index in [1.807, 2.05) is 19.1 Å². The molecule has 100 valence electrons. The predicted molar refractivity (Wildman–Crippen MR) is 73.8 cm³/mol. The van der Waals surface area contributed by atoms with E-state index in [1.165, 1.54) is 4.31 Å². The van der Waals surface area contributed by atoms with Crippen LogP contribution in [0.15, 0.2) is 22.7 Å².